The molecular weight excluding hydrogens is 252 g/mol. The van der Waals surface area contributed by atoms with Crippen molar-refractivity contribution < 1.29 is 4.74 Å². The molecule has 0 spiro atoms. The molecule has 118 valence electrons. The van der Waals surface area contributed by atoms with Gasteiger partial charge in [-0.2, -0.15) is 0 Å². The number of aliphatic imine (C=N–C) groups is 1. The summed E-state index contributed by atoms with van der Waals surface area (Å²) in [5, 5.41) is 10.0. The van der Waals surface area contributed by atoms with E-state index in [4.69, 9.17) is 4.74 Å². The summed E-state index contributed by atoms with van der Waals surface area (Å²) in [4.78, 5) is 4.20. The molecule has 0 bridgehead atoms. The maximum atomic E-state index is 5.60. The fourth-order valence-electron chi connectivity index (χ4n) is 1.75. The summed E-state index contributed by atoms with van der Waals surface area (Å²) >= 11 is 0. The lowest BCUT2D eigenvalue weighted by atomic mass is 10.1. The van der Waals surface area contributed by atoms with Crippen molar-refractivity contribution in [2.75, 3.05) is 39.9 Å². The number of ether oxygens (including phenoxy) is 1. The van der Waals surface area contributed by atoms with Gasteiger partial charge in [-0.15, -0.1) is 0 Å². The lowest BCUT2D eigenvalue weighted by Gasteiger charge is -2.21. The Bertz CT molecular complexity index is 282. The molecule has 0 radical (unpaired) electrons. The van der Waals surface area contributed by atoms with Crippen molar-refractivity contribution in [1.82, 2.24) is 16.0 Å². The van der Waals surface area contributed by atoms with E-state index in [0.29, 0.717) is 0 Å². The Balaban J connectivity index is 1.93. The third kappa shape index (κ3) is 10.0. The zero-order chi connectivity index (χ0) is 14.8. The van der Waals surface area contributed by atoms with Gasteiger partial charge in [0.15, 0.2) is 5.96 Å². The van der Waals surface area contributed by atoms with Crippen LogP contribution < -0.4 is 16.0 Å². The highest BCUT2D eigenvalue weighted by atomic mass is 16.5. The number of nitrogens with zero attached hydrogens (tertiary/aromatic N) is 1. The van der Waals surface area contributed by atoms with Crippen molar-refractivity contribution in [2.45, 2.75) is 45.6 Å². The maximum Gasteiger partial charge on any atom is 0.191 e. The molecule has 0 amide bonds. The van der Waals surface area contributed by atoms with E-state index >= 15 is 0 Å². The first-order valence-electron chi connectivity index (χ1n) is 7.78. The van der Waals surface area contributed by atoms with E-state index in [0.717, 1.165) is 51.1 Å². The smallest absolute Gasteiger partial charge is 0.191 e. The van der Waals surface area contributed by atoms with Gasteiger partial charge in [0, 0.05) is 45.4 Å². The molecule has 0 aromatic rings. The Morgan fingerprint density at radius 2 is 1.85 bits per heavy atom. The highest BCUT2D eigenvalue weighted by molar-refractivity contribution is 5.79. The van der Waals surface area contributed by atoms with Gasteiger partial charge in [0.2, 0.25) is 0 Å². The molecule has 0 atom stereocenters. The van der Waals surface area contributed by atoms with Crippen LogP contribution >= 0.6 is 0 Å². The van der Waals surface area contributed by atoms with E-state index < -0.39 is 0 Å². The third-order valence-corrected chi connectivity index (χ3v) is 3.10. The molecule has 1 saturated carbocycles. The Hall–Kier alpha value is -0.810. The van der Waals surface area contributed by atoms with E-state index in [-0.39, 0.29) is 5.54 Å². The van der Waals surface area contributed by atoms with E-state index in [1.807, 2.05) is 0 Å². The van der Waals surface area contributed by atoms with Crippen LogP contribution in [0.5, 0.6) is 0 Å². The summed E-state index contributed by atoms with van der Waals surface area (Å²) in [5.74, 6) is 1.72. The molecule has 1 aliphatic carbocycles. The van der Waals surface area contributed by atoms with Crippen molar-refractivity contribution in [3.8, 4) is 0 Å². The molecule has 0 unspecified atom stereocenters. The first-order chi connectivity index (χ1) is 9.51. The molecule has 0 aromatic heterocycles. The molecule has 0 saturated heterocycles. The predicted molar refractivity (Wildman–Crippen MR) is 85.3 cm³/mol. The highest BCUT2D eigenvalue weighted by Gasteiger charge is 2.20. The van der Waals surface area contributed by atoms with Gasteiger partial charge in [-0.3, -0.25) is 4.99 Å². The van der Waals surface area contributed by atoms with Crippen LogP contribution in [-0.2, 0) is 4.74 Å². The Kier molecular flexibility index (Phi) is 7.92. The van der Waals surface area contributed by atoms with Gasteiger partial charge in [-0.25, -0.2) is 0 Å². The second-order valence-corrected chi connectivity index (χ2v) is 6.47. The van der Waals surface area contributed by atoms with E-state index in [1.54, 1.807) is 7.05 Å². The summed E-state index contributed by atoms with van der Waals surface area (Å²) in [7, 11) is 1.80. The number of hydrogen-bond acceptors (Lipinski definition) is 3. The first kappa shape index (κ1) is 17.2. The quantitative estimate of drug-likeness (QED) is 0.340. The molecule has 3 N–H and O–H groups in total. The Labute approximate surface area is 124 Å². The highest BCUT2D eigenvalue weighted by Crippen LogP contribution is 2.28. The van der Waals surface area contributed by atoms with Crippen LogP contribution in [0, 0.1) is 5.92 Å². The van der Waals surface area contributed by atoms with Gasteiger partial charge < -0.3 is 20.7 Å². The zero-order valence-electron chi connectivity index (χ0n) is 13.6. The lowest BCUT2D eigenvalue weighted by molar-refractivity contribution is 0.123. The third-order valence-electron chi connectivity index (χ3n) is 3.10. The van der Waals surface area contributed by atoms with Gasteiger partial charge in [0.1, 0.15) is 0 Å². The van der Waals surface area contributed by atoms with Gasteiger partial charge in [0.05, 0.1) is 0 Å². The van der Waals surface area contributed by atoms with Gasteiger partial charge in [-0.1, -0.05) is 0 Å². The minimum atomic E-state index is 0.164. The molecule has 1 fully saturated rings. The van der Waals surface area contributed by atoms with Crippen LogP contribution in [0.25, 0.3) is 0 Å². The fourth-order valence-corrected chi connectivity index (χ4v) is 1.75. The Morgan fingerprint density at radius 1 is 1.15 bits per heavy atom. The normalized spacial score (nSPS) is 16.3. The van der Waals surface area contributed by atoms with Crippen LogP contribution in [0.15, 0.2) is 4.99 Å². The number of nitrogens with one attached hydrogen (secondary N) is 3. The minimum absolute atomic E-state index is 0.164. The fraction of sp³-hybridized carbons (Fsp3) is 0.933. The van der Waals surface area contributed by atoms with E-state index in [2.05, 4.69) is 41.7 Å². The molecule has 5 nitrogen and oxygen atoms in total. The summed E-state index contributed by atoms with van der Waals surface area (Å²) in [6.45, 7) is 11.0. The number of hydrogen-bond donors (Lipinski definition) is 3. The average Bonchev–Trinajstić information content (AvgIpc) is 3.18. The second kappa shape index (κ2) is 9.19. The topological polar surface area (TPSA) is 57.7 Å². The lowest BCUT2D eigenvalue weighted by Crippen LogP contribution is -2.44. The SMILES string of the molecule is CN=C(NCCCOCC1CC1)NCCNC(C)(C)C. The molecule has 20 heavy (non-hydrogen) atoms. The largest absolute Gasteiger partial charge is 0.381 e. The van der Waals surface area contributed by atoms with Crippen LogP contribution in [0.1, 0.15) is 40.0 Å². The Morgan fingerprint density at radius 3 is 2.45 bits per heavy atom. The summed E-state index contributed by atoms with van der Waals surface area (Å²) in [6, 6.07) is 0. The molecule has 0 heterocycles. The number of rotatable bonds is 9. The molecule has 0 aliphatic heterocycles. The van der Waals surface area contributed by atoms with Crippen molar-refractivity contribution in [3.05, 3.63) is 0 Å². The molecule has 0 aromatic carbocycles. The summed E-state index contributed by atoms with van der Waals surface area (Å²) in [6.07, 6.45) is 3.74. The van der Waals surface area contributed by atoms with Crippen molar-refractivity contribution in [1.29, 1.82) is 0 Å². The standard InChI is InChI=1S/C15H32N4O/c1-15(2,3)19-10-9-18-14(16-4)17-8-5-11-20-12-13-6-7-13/h13,19H,5-12H2,1-4H3,(H2,16,17,18). The predicted octanol–water partition coefficient (Wildman–Crippen LogP) is 1.36. The average molecular weight is 284 g/mol. The van der Waals surface area contributed by atoms with Crippen molar-refractivity contribution in [2.24, 2.45) is 10.9 Å². The van der Waals surface area contributed by atoms with E-state index in [9.17, 15) is 0 Å². The van der Waals surface area contributed by atoms with Gasteiger partial charge in [0.25, 0.3) is 0 Å². The van der Waals surface area contributed by atoms with Crippen molar-refractivity contribution >= 4 is 5.96 Å². The maximum absolute atomic E-state index is 5.60. The summed E-state index contributed by atoms with van der Waals surface area (Å²) in [5.41, 5.74) is 0.164. The molecule has 5 heteroatoms. The number of guanidine groups is 1. The minimum Gasteiger partial charge on any atom is -0.381 e. The van der Waals surface area contributed by atoms with Crippen LogP contribution in [0.4, 0.5) is 0 Å². The summed E-state index contributed by atoms with van der Waals surface area (Å²) < 4.78 is 5.60. The van der Waals surface area contributed by atoms with Crippen LogP contribution in [0.2, 0.25) is 0 Å². The first-order valence-corrected chi connectivity index (χ1v) is 7.78. The van der Waals surface area contributed by atoms with Gasteiger partial charge >= 0.3 is 0 Å². The zero-order valence-corrected chi connectivity index (χ0v) is 13.6. The second-order valence-electron chi connectivity index (χ2n) is 6.47. The monoisotopic (exact) mass is 284 g/mol. The van der Waals surface area contributed by atoms with Gasteiger partial charge in [-0.05, 0) is 46.0 Å². The van der Waals surface area contributed by atoms with Crippen LogP contribution in [0.3, 0.4) is 0 Å². The van der Waals surface area contributed by atoms with Crippen molar-refractivity contribution in [3.63, 3.8) is 0 Å². The molecular formula is C15H32N4O. The molecule has 1 rings (SSSR count). The molecule has 1 aliphatic rings. The van der Waals surface area contributed by atoms with Crippen LogP contribution in [-0.4, -0.2) is 51.4 Å². The van der Waals surface area contributed by atoms with E-state index in [1.165, 1.54) is 12.8 Å².